The highest BCUT2D eigenvalue weighted by molar-refractivity contribution is 7.89. The number of rotatable bonds is 11. The van der Waals surface area contributed by atoms with Crippen molar-refractivity contribution in [2.45, 2.75) is 18.2 Å². The molecule has 2 heterocycles. The largest absolute Gasteiger partial charge is 0.497 e. The number of carbonyl (C=O) groups excluding carboxylic acids is 1. The number of fused-ring (bicyclic) bond motifs is 2. The summed E-state index contributed by atoms with van der Waals surface area (Å²) in [7, 11) is -2.41. The van der Waals surface area contributed by atoms with Gasteiger partial charge in [-0.15, -0.1) is 0 Å². The maximum atomic E-state index is 13.7. The normalized spacial score (nSPS) is 11.6. The molecule has 2 aromatic heterocycles. The lowest BCUT2D eigenvalue weighted by Gasteiger charge is -2.23. The highest BCUT2D eigenvalue weighted by Gasteiger charge is 2.25. The third-order valence-corrected chi connectivity index (χ3v) is 8.88. The quantitative estimate of drug-likeness (QED) is 0.194. The van der Waals surface area contributed by atoms with Crippen molar-refractivity contribution in [3.05, 3.63) is 95.8 Å². The molecule has 0 spiro atoms. The smallest absolute Gasteiger partial charge is 0.243 e. The number of sulfonamides is 1. The van der Waals surface area contributed by atoms with Crippen LogP contribution in [-0.4, -0.2) is 55.3 Å². The van der Waals surface area contributed by atoms with E-state index in [-0.39, 0.29) is 36.9 Å². The number of halogens is 1. The van der Waals surface area contributed by atoms with Gasteiger partial charge in [0.15, 0.2) is 0 Å². The molecule has 0 saturated carbocycles. The van der Waals surface area contributed by atoms with Gasteiger partial charge in [0.1, 0.15) is 5.75 Å². The molecule has 0 atom stereocenters. The molecule has 2 N–H and O–H groups in total. The summed E-state index contributed by atoms with van der Waals surface area (Å²) in [6.07, 6.45) is 1.54. The third-order valence-electron chi connectivity index (χ3n) is 6.74. The van der Waals surface area contributed by atoms with E-state index in [1.165, 1.54) is 23.5 Å². The van der Waals surface area contributed by atoms with Crippen molar-refractivity contribution in [2.24, 2.45) is 0 Å². The number of hydrogen-bond donors (Lipinski definition) is 2. The van der Waals surface area contributed by atoms with Crippen LogP contribution in [0.1, 0.15) is 12.1 Å². The van der Waals surface area contributed by atoms with E-state index in [0.717, 1.165) is 33.2 Å². The number of nitrogens with one attached hydrogen (secondary N) is 2. The minimum Gasteiger partial charge on any atom is -0.497 e. The van der Waals surface area contributed by atoms with Crippen molar-refractivity contribution in [2.75, 3.05) is 37.4 Å². The number of benzene rings is 3. The summed E-state index contributed by atoms with van der Waals surface area (Å²) in [4.78, 5) is 21.9. The van der Waals surface area contributed by atoms with E-state index < -0.39 is 10.0 Å². The van der Waals surface area contributed by atoms with Gasteiger partial charge in [-0.2, -0.15) is 4.31 Å². The Kier molecular flexibility index (Phi) is 8.86. The van der Waals surface area contributed by atoms with Crippen LogP contribution in [-0.2, 0) is 14.8 Å². The van der Waals surface area contributed by atoms with Crippen LogP contribution in [0, 0.1) is 6.92 Å². The van der Waals surface area contributed by atoms with Crippen LogP contribution in [0.2, 0.25) is 5.02 Å². The molecule has 5 rings (SSSR count). The summed E-state index contributed by atoms with van der Waals surface area (Å²) in [6.45, 7) is 2.27. The second-order valence-electron chi connectivity index (χ2n) is 9.69. The van der Waals surface area contributed by atoms with Gasteiger partial charge < -0.3 is 15.4 Å². The molecular weight excluding hydrogens is 574 g/mol. The van der Waals surface area contributed by atoms with Gasteiger partial charge in [-0.25, -0.2) is 8.42 Å². The number of carbonyl (C=O) groups is 1. The van der Waals surface area contributed by atoms with Crippen LogP contribution < -0.4 is 15.4 Å². The maximum Gasteiger partial charge on any atom is 0.243 e. The Hall–Kier alpha value is -4.25. The minimum atomic E-state index is -3.92. The Bertz CT molecular complexity index is 1850. The van der Waals surface area contributed by atoms with Crippen molar-refractivity contribution in [3.8, 4) is 5.75 Å². The second kappa shape index (κ2) is 12.7. The first-order valence-electron chi connectivity index (χ1n) is 13.3. The first-order valence-corrected chi connectivity index (χ1v) is 15.1. The van der Waals surface area contributed by atoms with E-state index >= 15 is 0 Å². The topological polar surface area (TPSA) is 114 Å². The highest BCUT2D eigenvalue weighted by Crippen LogP contribution is 2.27. The fourth-order valence-electron chi connectivity index (χ4n) is 4.63. The lowest BCUT2D eigenvalue weighted by molar-refractivity contribution is -0.116. The summed E-state index contributed by atoms with van der Waals surface area (Å²) in [5, 5.41) is 8.48. The molecule has 11 heteroatoms. The van der Waals surface area contributed by atoms with Crippen LogP contribution in [0.25, 0.3) is 21.8 Å². The van der Waals surface area contributed by atoms with E-state index in [1.807, 2.05) is 55.5 Å². The number of aryl methyl sites for hydroxylation is 1. The molecule has 0 aliphatic carbocycles. The van der Waals surface area contributed by atoms with Crippen LogP contribution in [0.3, 0.4) is 0 Å². The van der Waals surface area contributed by atoms with Crippen LogP contribution in [0.5, 0.6) is 5.75 Å². The van der Waals surface area contributed by atoms with Crippen LogP contribution in [0.15, 0.2) is 90.0 Å². The Labute approximate surface area is 249 Å². The summed E-state index contributed by atoms with van der Waals surface area (Å²) in [6, 6.07) is 23.0. The number of anilines is 2. The molecule has 0 radical (unpaired) electrons. The lowest BCUT2D eigenvalue weighted by Crippen LogP contribution is -2.37. The fraction of sp³-hybridized carbons (Fsp3) is 0.194. The molecule has 0 fully saturated rings. The minimum absolute atomic E-state index is 0.0230. The van der Waals surface area contributed by atoms with Crippen molar-refractivity contribution in [1.29, 1.82) is 0 Å². The van der Waals surface area contributed by atoms with Gasteiger partial charge in [0, 0.05) is 53.2 Å². The Balaban J connectivity index is 1.32. The van der Waals surface area contributed by atoms with E-state index in [9.17, 15) is 13.2 Å². The molecule has 0 aliphatic rings. The Morgan fingerprint density at radius 1 is 0.976 bits per heavy atom. The molecule has 42 heavy (non-hydrogen) atoms. The monoisotopic (exact) mass is 603 g/mol. The van der Waals surface area contributed by atoms with E-state index in [1.54, 1.807) is 24.4 Å². The van der Waals surface area contributed by atoms with E-state index in [0.29, 0.717) is 16.5 Å². The van der Waals surface area contributed by atoms with Gasteiger partial charge in [0.2, 0.25) is 15.9 Å². The molecule has 0 aliphatic heterocycles. The summed E-state index contributed by atoms with van der Waals surface area (Å²) in [5.74, 6) is 0.226. The van der Waals surface area contributed by atoms with Gasteiger partial charge in [0.25, 0.3) is 0 Å². The third kappa shape index (κ3) is 6.79. The molecule has 0 saturated heterocycles. The number of nitrogens with zero attached hydrogens (tertiary/aromatic N) is 3. The van der Waals surface area contributed by atoms with Gasteiger partial charge in [-0.1, -0.05) is 29.8 Å². The molecular formula is C31H30ClN5O4S. The average Bonchev–Trinajstić information content (AvgIpc) is 2.98. The number of methoxy groups -OCH3 is 1. The zero-order valence-corrected chi connectivity index (χ0v) is 24.7. The number of pyridine rings is 2. The van der Waals surface area contributed by atoms with Gasteiger partial charge >= 0.3 is 0 Å². The van der Waals surface area contributed by atoms with E-state index in [2.05, 4.69) is 20.6 Å². The molecule has 9 nitrogen and oxygen atoms in total. The number of hydrogen-bond acceptors (Lipinski definition) is 7. The first kappa shape index (κ1) is 29.2. The molecule has 1 amide bonds. The summed E-state index contributed by atoms with van der Waals surface area (Å²) in [5.41, 5.74) is 3.76. The fourth-order valence-corrected chi connectivity index (χ4v) is 6.24. The number of amides is 1. The Morgan fingerprint density at radius 3 is 2.55 bits per heavy atom. The highest BCUT2D eigenvalue weighted by atomic mass is 35.5. The van der Waals surface area contributed by atoms with Crippen molar-refractivity contribution in [3.63, 3.8) is 0 Å². The zero-order chi connectivity index (χ0) is 29.7. The van der Waals surface area contributed by atoms with Crippen LogP contribution in [0.4, 0.5) is 11.4 Å². The van der Waals surface area contributed by atoms with Gasteiger partial charge in [0.05, 0.1) is 34.9 Å². The van der Waals surface area contributed by atoms with Crippen molar-refractivity contribution in [1.82, 2.24) is 14.3 Å². The van der Waals surface area contributed by atoms with E-state index in [4.69, 9.17) is 16.3 Å². The van der Waals surface area contributed by atoms with Gasteiger partial charge in [-0.05, 0) is 67.6 Å². The number of ether oxygens (including phenoxy) is 1. The molecule has 216 valence electrons. The SMILES string of the molecule is COc1ccc(S(=O)(=O)N(CCNc2cc(C)nc3ccc(Cl)cc23)CCC(=O)Nc2cnc3ccccc3c2)cc1. The average molecular weight is 604 g/mol. The van der Waals surface area contributed by atoms with Gasteiger partial charge in [-0.3, -0.25) is 14.8 Å². The van der Waals surface area contributed by atoms with Crippen molar-refractivity contribution >= 4 is 60.7 Å². The maximum absolute atomic E-state index is 13.7. The first-order chi connectivity index (χ1) is 20.2. The summed E-state index contributed by atoms with van der Waals surface area (Å²) < 4.78 is 33.9. The van der Waals surface area contributed by atoms with Crippen molar-refractivity contribution < 1.29 is 17.9 Å². The molecule has 3 aromatic carbocycles. The predicted octanol–water partition coefficient (Wildman–Crippen LogP) is 5.89. The standard InChI is InChI=1S/C31H30ClN5O4S/c1-21-17-30(27-19-23(32)7-12-29(27)35-21)33-14-16-37(42(39,40)26-10-8-25(41-2)9-11-26)15-13-31(38)36-24-18-22-5-3-4-6-28(22)34-20-24/h3-12,17-20H,13-16H2,1-2H3,(H,33,35)(H,36,38). The summed E-state index contributed by atoms with van der Waals surface area (Å²) >= 11 is 6.23. The molecule has 5 aromatic rings. The van der Waals surface area contributed by atoms with Crippen LogP contribution >= 0.6 is 11.6 Å². The zero-order valence-electron chi connectivity index (χ0n) is 23.2. The second-order valence-corrected chi connectivity index (χ2v) is 12.1. The molecule has 0 bridgehead atoms. The molecule has 0 unspecified atom stereocenters. The number of para-hydroxylation sites is 1. The lowest BCUT2D eigenvalue weighted by atomic mass is 10.1. The Morgan fingerprint density at radius 2 is 1.76 bits per heavy atom. The number of aromatic nitrogens is 2. The predicted molar refractivity (Wildman–Crippen MR) is 167 cm³/mol.